The molecule has 0 bridgehead atoms. The molecule has 1 amide bonds. The molecular formula is C14H12N4O. The fraction of sp³-hybridized carbons (Fsp3) is 0.214. The molecule has 3 rings (SSSR count). The standard InChI is InChI=1S/C14H12N4O/c15-8-11-9-16-18(12-4-2-1-3-5-12)13(11)17-14(19)10-6-7-10/h1-5,9-10H,6-7H2,(H,17,19). The average molecular weight is 252 g/mol. The van der Waals surface area contributed by atoms with Gasteiger partial charge in [0.15, 0.2) is 5.82 Å². The first-order valence-electron chi connectivity index (χ1n) is 6.14. The number of anilines is 1. The molecule has 0 spiro atoms. The second-order valence-electron chi connectivity index (χ2n) is 4.53. The third kappa shape index (κ3) is 2.20. The van der Waals surface area contributed by atoms with Crippen molar-refractivity contribution in [2.45, 2.75) is 12.8 Å². The summed E-state index contributed by atoms with van der Waals surface area (Å²) in [6, 6.07) is 11.5. The van der Waals surface area contributed by atoms with Gasteiger partial charge in [0.05, 0.1) is 11.9 Å². The van der Waals surface area contributed by atoms with Gasteiger partial charge in [-0.25, -0.2) is 4.68 Å². The lowest BCUT2D eigenvalue weighted by molar-refractivity contribution is -0.117. The lowest BCUT2D eigenvalue weighted by Crippen LogP contribution is -2.17. The fourth-order valence-electron chi connectivity index (χ4n) is 1.88. The van der Waals surface area contributed by atoms with Crippen LogP contribution in [0.5, 0.6) is 0 Å². The highest BCUT2D eigenvalue weighted by molar-refractivity contribution is 5.94. The van der Waals surface area contributed by atoms with E-state index in [0.29, 0.717) is 11.4 Å². The molecule has 1 heterocycles. The minimum atomic E-state index is -0.0332. The number of nitrogens with one attached hydrogen (secondary N) is 1. The van der Waals surface area contributed by atoms with Gasteiger partial charge in [-0.05, 0) is 25.0 Å². The van der Waals surface area contributed by atoms with Gasteiger partial charge in [0.25, 0.3) is 0 Å². The smallest absolute Gasteiger partial charge is 0.228 e. The first-order chi connectivity index (χ1) is 9.29. The summed E-state index contributed by atoms with van der Waals surface area (Å²) in [5.74, 6) is 0.505. The predicted molar refractivity (Wildman–Crippen MR) is 69.6 cm³/mol. The van der Waals surface area contributed by atoms with E-state index in [0.717, 1.165) is 18.5 Å². The first kappa shape index (κ1) is 11.5. The van der Waals surface area contributed by atoms with Crippen molar-refractivity contribution in [1.29, 1.82) is 5.26 Å². The Morgan fingerprint density at radius 3 is 2.74 bits per heavy atom. The van der Waals surface area contributed by atoms with E-state index in [-0.39, 0.29) is 11.8 Å². The summed E-state index contributed by atoms with van der Waals surface area (Å²) >= 11 is 0. The maximum absolute atomic E-state index is 11.9. The Labute approximate surface area is 110 Å². The zero-order chi connectivity index (χ0) is 13.2. The molecule has 0 aliphatic heterocycles. The molecule has 0 unspecified atom stereocenters. The van der Waals surface area contributed by atoms with Gasteiger partial charge in [-0.2, -0.15) is 10.4 Å². The van der Waals surface area contributed by atoms with Crippen LogP contribution < -0.4 is 5.32 Å². The second kappa shape index (κ2) is 4.58. The molecule has 1 fully saturated rings. The molecule has 1 aromatic heterocycles. The lowest BCUT2D eigenvalue weighted by Gasteiger charge is -2.08. The Balaban J connectivity index is 1.98. The van der Waals surface area contributed by atoms with E-state index in [2.05, 4.69) is 16.5 Å². The average Bonchev–Trinajstić information content (AvgIpc) is 3.22. The number of aromatic nitrogens is 2. The monoisotopic (exact) mass is 252 g/mol. The molecule has 0 radical (unpaired) electrons. The van der Waals surface area contributed by atoms with Crippen LogP contribution in [0.3, 0.4) is 0 Å². The summed E-state index contributed by atoms with van der Waals surface area (Å²) in [6.45, 7) is 0. The number of nitrogens with zero attached hydrogens (tertiary/aromatic N) is 3. The van der Waals surface area contributed by atoms with Crippen LogP contribution in [0.2, 0.25) is 0 Å². The first-order valence-corrected chi connectivity index (χ1v) is 6.14. The van der Waals surface area contributed by atoms with Crippen molar-refractivity contribution in [1.82, 2.24) is 9.78 Å². The molecule has 1 saturated carbocycles. The molecule has 1 aliphatic rings. The van der Waals surface area contributed by atoms with Gasteiger partial charge in [0.2, 0.25) is 5.91 Å². The molecule has 1 N–H and O–H groups in total. The molecule has 94 valence electrons. The van der Waals surface area contributed by atoms with Gasteiger partial charge < -0.3 is 5.32 Å². The van der Waals surface area contributed by atoms with Crippen LogP contribution in [0.4, 0.5) is 5.82 Å². The van der Waals surface area contributed by atoms with Crippen LogP contribution in [0, 0.1) is 17.2 Å². The molecule has 2 aromatic rings. The SMILES string of the molecule is N#Cc1cnn(-c2ccccc2)c1NC(=O)C1CC1. The second-order valence-corrected chi connectivity index (χ2v) is 4.53. The number of carbonyl (C=O) groups excluding carboxylic acids is 1. The van der Waals surface area contributed by atoms with Gasteiger partial charge >= 0.3 is 0 Å². The Kier molecular flexibility index (Phi) is 2.76. The molecule has 5 nitrogen and oxygen atoms in total. The normalized spacial score (nSPS) is 13.8. The molecule has 5 heteroatoms. The van der Waals surface area contributed by atoms with E-state index in [4.69, 9.17) is 5.26 Å². The minimum Gasteiger partial charge on any atom is -0.309 e. The van der Waals surface area contributed by atoms with Gasteiger partial charge in [-0.3, -0.25) is 4.79 Å². The zero-order valence-corrected chi connectivity index (χ0v) is 10.2. The summed E-state index contributed by atoms with van der Waals surface area (Å²) < 4.78 is 1.58. The number of para-hydroxylation sites is 1. The summed E-state index contributed by atoms with van der Waals surface area (Å²) in [5.41, 5.74) is 1.19. The number of hydrogen-bond donors (Lipinski definition) is 1. The highest BCUT2D eigenvalue weighted by atomic mass is 16.2. The molecule has 0 saturated heterocycles. The number of nitriles is 1. The molecular weight excluding hydrogens is 240 g/mol. The number of rotatable bonds is 3. The van der Waals surface area contributed by atoms with E-state index in [1.807, 2.05) is 30.3 Å². The quantitative estimate of drug-likeness (QED) is 0.909. The summed E-state index contributed by atoms with van der Waals surface area (Å²) in [7, 11) is 0. The highest BCUT2D eigenvalue weighted by Crippen LogP contribution is 2.31. The van der Waals surface area contributed by atoms with Crippen LogP contribution in [0.1, 0.15) is 18.4 Å². The topological polar surface area (TPSA) is 70.7 Å². The van der Waals surface area contributed by atoms with Crippen molar-refractivity contribution >= 4 is 11.7 Å². The Hall–Kier alpha value is -2.61. The lowest BCUT2D eigenvalue weighted by atomic mass is 10.3. The van der Waals surface area contributed by atoms with E-state index in [1.165, 1.54) is 6.20 Å². The predicted octanol–water partition coefficient (Wildman–Crippen LogP) is 2.09. The summed E-state index contributed by atoms with van der Waals surface area (Å²) in [6.07, 6.45) is 3.32. The van der Waals surface area contributed by atoms with E-state index >= 15 is 0 Å². The van der Waals surface area contributed by atoms with Crippen molar-refractivity contribution in [2.24, 2.45) is 5.92 Å². The van der Waals surface area contributed by atoms with Gasteiger partial charge in [0, 0.05) is 5.92 Å². The molecule has 19 heavy (non-hydrogen) atoms. The Morgan fingerprint density at radius 2 is 2.11 bits per heavy atom. The van der Waals surface area contributed by atoms with Crippen molar-refractivity contribution in [2.75, 3.05) is 5.32 Å². The summed E-state index contributed by atoms with van der Waals surface area (Å²) in [5, 5.41) is 16.1. The third-order valence-electron chi connectivity index (χ3n) is 3.08. The van der Waals surface area contributed by atoms with Crippen molar-refractivity contribution in [3.05, 3.63) is 42.1 Å². The maximum atomic E-state index is 11.9. The van der Waals surface area contributed by atoms with Gasteiger partial charge in [0.1, 0.15) is 11.6 Å². The number of hydrogen-bond acceptors (Lipinski definition) is 3. The Morgan fingerprint density at radius 1 is 1.37 bits per heavy atom. The molecule has 1 aromatic carbocycles. The van der Waals surface area contributed by atoms with Crippen LogP contribution >= 0.6 is 0 Å². The zero-order valence-electron chi connectivity index (χ0n) is 10.2. The highest BCUT2D eigenvalue weighted by Gasteiger charge is 2.31. The van der Waals surface area contributed by atoms with E-state index in [1.54, 1.807) is 4.68 Å². The van der Waals surface area contributed by atoms with Crippen molar-refractivity contribution in [3.63, 3.8) is 0 Å². The fourth-order valence-corrected chi connectivity index (χ4v) is 1.88. The van der Waals surface area contributed by atoms with E-state index < -0.39 is 0 Å². The summed E-state index contributed by atoms with van der Waals surface area (Å²) in [4.78, 5) is 11.9. The Bertz CT molecular complexity index is 650. The number of amides is 1. The van der Waals surface area contributed by atoms with Crippen molar-refractivity contribution < 1.29 is 4.79 Å². The van der Waals surface area contributed by atoms with Gasteiger partial charge in [-0.15, -0.1) is 0 Å². The van der Waals surface area contributed by atoms with Crippen molar-refractivity contribution in [3.8, 4) is 11.8 Å². The van der Waals surface area contributed by atoms with E-state index in [9.17, 15) is 4.79 Å². The van der Waals surface area contributed by atoms with Crippen LogP contribution in [-0.2, 0) is 4.79 Å². The maximum Gasteiger partial charge on any atom is 0.228 e. The largest absolute Gasteiger partial charge is 0.309 e. The number of benzene rings is 1. The van der Waals surface area contributed by atoms with Crippen LogP contribution in [0.25, 0.3) is 5.69 Å². The molecule has 0 atom stereocenters. The minimum absolute atomic E-state index is 0.0332. The molecule has 1 aliphatic carbocycles. The van der Waals surface area contributed by atoms with Crippen LogP contribution in [0.15, 0.2) is 36.5 Å². The number of carbonyl (C=O) groups is 1. The van der Waals surface area contributed by atoms with Crippen LogP contribution in [-0.4, -0.2) is 15.7 Å². The third-order valence-corrected chi connectivity index (χ3v) is 3.08. The van der Waals surface area contributed by atoms with Gasteiger partial charge in [-0.1, -0.05) is 18.2 Å².